The fourth-order valence-electron chi connectivity index (χ4n) is 1.69. The summed E-state index contributed by atoms with van der Waals surface area (Å²) < 4.78 is 45.2. The van der Waals surface area contributed by atoms with Gasteiger partial charge in [-0.1, -0.05) is 30.3 Å². The summed E-state index contributed by atoms with van der Waals surface area (Å²) in [6.07, 6.45) is -2.21. The number of benzene rings is 1. The molecule has 0 saturated carbocycles. The number of hydrogen-bond donors (Lipinski definition) is 1. The first-order valence-electron chi connectivity index (χ1n) is 6.65. The molecule has 8 heteroatoms. The van der Waals surface area contributed by atoms with Crippen LogP contribution in [0.4, 0.5) is 18.0 Å². The van der Waals surface area contributed by atoms with Gasteiger partial charge in [-0.2, -0.15) is 13.2 Å². The number of methoxy groups -OCH3 is 1. The highest BCUT2D eigenvalue weighted by atomic mass is 19.4. The summed E-state index contributed by atoms with van der Waals surface area (Å²) in [5.74, 6) is -1.96. The lowest BCUT2D eigenvalue weighted by atomic mass is 10.0. The van der Waals surface area contributed by atoms with Gasteiger partial charge in [0.1, 0.15) is 6.61 Å². The molecule has 0 aromatic heterocycles. The van der Waals surface area contributed by atoms with Crippen LogP contribution in [0.15, 0.2) is 30.3 Å². The van der Waals surface area contributed by atoms with E-state index in [0.29, 0.717) is 0 Å². The van der Waals surface area contributed by atoms with Gasteiger partial charge in [0, 0.05) is 6.54 Å². The lowest BCUT2D eigenvalue weighted by Gasteiger charge is -2.09. The molecule has 1 N–H and O–H groups in total. The molecule has 0 unspecified atom stereocenters. The van der Waals surface area contributed by atoms with Crippen LogP contribution in [0.5, 0.6) is 0 Å². The van der Waals surface area contributed by atoms with Gasteiger partial charge in [-0.15, -0.1) is 0 Å². The molecule has 5 nitrogen and oxygen atoms in total. The molecule has 0 saturated heterocycles. The van der Waals surface area contributed by atoms with Crippen LogP contribution < -0.4 is 5.32 Å². The van der Waals surface area contributed by atoms with Crippen LogP contribution >= 0.6 is 0 Å². The van der Waals surface area contributed by atoms with Gasteiger partial charge in [0.25, 0.3) is 0 Å². The number of hydrogen-bond acceptors (Lipinski definition) is 4. The third kappa shape index (κ3) is 6.86. The zero-order chi connectivity index (χ0) is 17.3. The number of alkyl halides is 3. The smallest absolute Gasteiger partial charge is 0.438 e. The molecule has 1 rings (SSSR count). The second-order valence-electron chi connectivity index (χ2n) is 4.37. The first-order chi connectivity index (χ1) is 10.8. The van der Waals surface area contributed by atoms with E-state index < -0.39 is 18.2 Å². The van der Waals surface area contributed by atoms with Crippen molar-refractivity contribution >= 4 is 18.1 Å². The number of amides is 1. The summed E-state index contributed by atoms with van der Waals surface area (Å²) in [4.78, 5) is 21.5. The Morgan fingerprint density at radius 3 is 2.61 bits per heavy atom. The molecule has 0 heterocycles. The van der Waals surface area contributed by atoms with Gasteiger partial charge in [-0.3, -0.25) is 4.79 Å². The summed E-state index contributed by atoms with van der Waals surface area (Å²) in [6, 6.07) is 7.00. The molecule has 0 bridgehead atoms. The lowest BCUT2D eigenvalue weighted by molar-refractivity contribution is -0.173. The van der Waals surface area contributed by atoms with Crippen molar-refractivity contribution in [1.82, 2.24) is 5.32 Å². The van der Waals surface area contributed by atoms with Crippen LogP contribution in [0.3, 0.4) is 0 Å². The van der Waals surface area contributed by atoms with Gasteiger partial charge in [0.15, 0.2) is 0 Å². The quantitative estimate of drug-likeness (QED) is 0.814. The van der Waals surface area contributed by atoms with E-state index in [1.54, 1.807) is 36.4 Å². The number of nitrogens with one attached hydrogen (secondary N) is 1. The summed E-state index contributed by atoms with van der Waals surface area (Å²) >= 11 is 0. The molecular weight excluding hydrogens is 315 g/mol. The zero-order valence-electron chi connectivity index (χ0n) is 12.4. The molecule has 0 aliphatic rings. The van der Waals surface area contributed by atoms with E-state index in [9.17, 15) is 22.8 Å². The third-order valence-corrected chi connectivity index (χ3v) is 2.75. The highest BCUT2D eigenvalue weighted by Gasteiger charge is 2.38. The van der Waals surface area contributed by atoms with E-state index in [1.807, 2.05) is 5.32 Å². The Morgan fingerprint density at radius 1 is 1.26 bits per heavy atom. The standard InChI is InChI=1S/C15H16F3NO4/c1-22-14(21)23-10-4-7-11-5-2-3-6-12(11)8-9-19-13(20)15(16,17)18/h2-7H,8-10H2,1H3,(H,19,20)/b7-4+. The molecule has 0 aliphatic heterocycles. The van der Waals surface area contributed by atoms with Crippen molar-refractivity contribution < 1.29 is 32.2 Å². The van der Waals surface area contributed by atoms with Crippen molar-refractivity contribution in [3.63, 3.8) is 0 Å². The Labute approximate surface area is 131 Å². The minimum atomic E-state index is -4.88. The largest absolute Gasteiger partial charge is 0.508 e. The number of rotatable bonds is 6. The minimum absolute atomic E-state index is 0.00577. The lowest BCUT2D eigenvalue weighted by Crippen LogP contribution is -2.37. The highest BCUT2D eigenvalue weighted by molar-refractivity contribution is 5.81. The first-order valence-corrected chi connectivity index (χ1v) is 6.65. The predicted molar refractivity (Wildman–Crippen MR) is 76.6 cm³/mol. The normalized spacial score (nSPS) is 11.3. The average molecular weight is 331 g/mol. The molecule has 1 aromatic rings. The Balaban J connectivity index is 2.55. The summed E-state index contributed by atoms with van der Waals surface area (Å²) in [5.41, 5.74) is 1.51. The van der Waals surface area contributed by atoms with E-state index in [0.717, 1.165) is 11.1 Å². The van der Waals surface area contributed by atoms with Gasteiger partial charge < -0.3 is 14.8 Å². The van der Waals surface area contributed by atoms with Gasteiger partial charge in [0.2, 0.25) is 0 Å². The van der Waals surface area contributed by atoms with Crippen LogP contribution in [0, 0.1) is 0 Å². The fraction of sp³-hybridized carbons (Fsp3) is 0.333. The molecule has 23 heavy (non-hydrogen) atoms. The number of carbonyl (C=O) groups is 2. The molecule has 1 aromatic carbocycles. The first kappa shape index (κ1) is 18.5. The SMILES string of the molecule is COC(=O)OC/C=C/c1ccccc1CCNC(=O)C(F)(F)F. The minimum Gasteiger partial charge on any atom is -0.438 e. The summed E-state index contributed by atoms with van der Waals surface area (Å²) in [7, 11) is 1.19. The maximum atomic E-state index is 12.1. The topological polar surface area (TPSA) is 64.6 Å². The predicted octanol–water partition coefficient (Wildman–Crippen LogP) is 2.70. The van der Waals surface area contributed by atoms with Gasteiger partial charge in [-0.25, -0.2) is 4.79 Å². The van der Waals surface area contributed by atoms with Crippen LogP contribution in [0.25, 0.3) is 6.08 Å². The van der Waals surface area contributed by atoms with Crippen molar-refractivity contribution in [2.75, 3.05) is 20.3 Å². The fourth-order valence-corrected chi connectivity index (χ4v) is 1.69. The van der Waals surface area contributed by atoms with Gasteiger partial charge >= 0.3 is 18.2 Å². The Bertz CT molecular complexity index is 570. The van der Waals surface area contributed by atoms with Crippen molar-refractivity contribution in [3.8, 4) is 0 Å². The van der Waals surface area contributed by atoms with Crippen LogP contribution in [-0.4, -0.2) is 38.5 Å². The third-order valence-electron chi connectivity index (χ3n) is 2.75. The van der Waals surface area contributed by atoms with Crippen molar-refractivity contribution in [2.24, 2.45) is 0 Å². The number of halogens is 3. The molecule has 0 spiro atoms. The van der Waals surface area contributed by atoms with Crippen molar-refractivity contribution in [3.05, 3.63) is 41.5 Å². The zero-order valence-corrected chi connectivity index (χ0v) is 12.4. The molecule has 0 fully saturated rings. The van der Waals surface area contributed by atoms with Crippen LogP contribution in [0.1, 0.15) is 11.1 Å². The monoisotopic (exact) mass is 331 g/mol. The van der Waals surface area contributed by atoms with E-state index in [4.69, 9.17) is 0 Å². The highest BCUT2D eigenvalue weighted by Crippen LogP contribution is 2.15. The molecular formula is C15H16F3NO4. The molecule has 0 radical (unpaired) electrons. The second kappa shape index (κ2) is 8.82. The molecule has 1 amide bonds. The summed E-state index contributed by atoms with van der Waals surface area (Å²) in [6.45, 7) is -0.131. The van der Waals surface area contributed by atoms with Crippen molar-refractivity contribution in [2.45, 2.75) is 12.6 Å². The number of carbonyl (C=O) groups excluding carboxylic acids is 2. The van der Waals surface area contributed by atoms with E-state index >= 15 is 0 Å². The molecule has 0 atom stereocenters. The Hall–Kier alpha value is -2.51. The second-order valence-corrected chi connectivity index (χ2v) is 4.37. The van der Waals surface area contributed by atoms with E-state index in [1.165, 1.54) is 7.11 Å². The average Bonchev–Trinajstić information content (AvgIpc) is 2.51. The van der Waals surface area contributed by atoms with Crippen LogP contribution in [0.2, 0.25) is 0 Å². The Kier molecular flexibility index (Phi) is 7.11. The molecule has 0 aliphatic carbocycles. The van der Waals surface area contributed by atoms with Crippen LogP contribution in [-0.2, 0) is 20.7 Å². The molecule has 126 valence electrons. The Morgan fingerprint density at radius 2 is 1.96 bits per heavy atom. The van der Waals surface area contributed by atoms with E-state index in [2.05, 4.69) is 9.47 Å². The van der Waals surface area contributed by atoms with E-state index in [-0.39, 0.29) is 19.6 Å². The van der Waals surface area contributed by atoms with Crippen molar-refractivity contribution in [1.29, 1.82) is 0 Å². The van der Waals surface area contributed by atoms with Gasteiger partial charge in [-0.05, 0) is 23.6 Å². The summed E-state index contributed by atoms with van der Waals surface area (Å²) in [5, 5.41) is 1.81. The maximum absolute atomic E-state index is 12.1. The maximum Gasteiger partial charge on any atom is 0.508 e. The number of ether oxygens (including phenoxy) is 2. The van der Waals surface area contributed by atoms with Gasteiger partial charge in [0.05, 0.1) is 7.11 Å².